The molecule has 1 aromatic rings. The van der Waals surface area contributed by atoms with E-state index in [-0.39, 0.29) is 0 Å². The number of hydrogen-bond acceptors (Lipinski definition) is 6. The van der Waals surface area contributed by atoms with Gasteiger partial charge < -0.3 is 15.4 Å². The molecule has 0 spiro atoms. The summed E-state index contributed by atoms with van der Waals surface area (Å²) in [6.07, 6.45) is 4.11. The summed E-state index contributed by atoms with van der Waals surface area (Å²) in [4.78, 5) is 8.80. The fourth-order valence-corrected chi connectivity index (χ4v) is 1.85. The van der Waals surface area contributed by atoms with Crippen LogP contribution in [0.25, 0.3) is 0 Å². The van der Waals surface area contributed by atoms with Gasteiger partial charge in [-0.3, -0.25) is 0 Å². The molecule has 1 heterocycles. The number of nitrogens with one attached hydrogen (secondary N) is 2. The molecule has 1 aromatic heterocycles. The highest BCUT2D eigenvalue weighted by Crippen LogP contribution is 2.17. The van der Waals surface area contributed by atoms with Gasteiger partial charge in [-0.1, -0.05) is 11.8 Å². The van der Waals surface area contributed by atoms with Crippen molar-refractivity contribution in [2.24, 2.45) is 0 Å². The number of ether oxygens (including phenoxy) is 1. The molecule has 18 heavy (non-hydrogen) atoms. The summed E-state index contributed by atoms with van der Waals surface area (Å²) in [5, 5.41) is 7.31. The Labute approximate surface area is 113 Å². The topological polar surface area (TPSA) is 59.1 Å². The van der Waals surface area contributed by atoms with Crippen LogP contribution in [0.3, 0.4) is 0 Å². The van der Waals surface area contributed by atoms with Gasteiger partial charge in [-0.25, -0.2) is 9.97 Å². The lowest BCUT2D eigenvalue weighted by Gasteiger charge is -2.09. The molecule has 0 unspecified atom stereocenters. The summed E-state index contributed by atoms with van der Waals surface area (Å²) < 4.78 is 5.01. The molecule has 0 aliphatic rings. The first-order valence-electron chi connectivity index (χ1n) is 6.20. The second kappa shape index (κ2) is 8.99. The second-order valence-corrected chi connectivity index (χ2v) is 4.56. The normalized spacial score (nSPS) is 10.4. The van der Waals surface area contributed by atoms with Crippen LogP contribution in [0, 0.1) is 0 Å². The number of hydrogen-bond donors (Lipinski definition) is 2. The van der Waals surface area contributed by atoms with Crippen LogP contribution in [-0.2, 0) is 4.74 Å². The van der Waals surface area contributed by atoms with Gasteiger partial charge in [0.25, 0.3) is 0 Å². The van der Waals surface area contributed by atoms with E-state index in [0.29, 0.717) is 0 Å². The molecule has 0 aliphatic carbocycles. The smallest absolute Gasteiger partial charge is 0.191 e. The molecule has 0 aliphatic heterocycles. The molecule has 0 fully saturated rings. The van der Waals surface area contributed by atoms with Gasteiger partial charge >= 0.3 is 0 Å². The summed E-state index contributed by atoms with van der Waals surface area (Å²) in [5.41, 5.74) is 0. The number of aromatic nitrogens is 2. The summed E-state index contributed by atoms with van der Waals surface area (Å²) in [6.45, 7) is 4.63. The number of unbranched alkanes of at least 4 members (excludes halogenated alkanes) is 1. The summed E-state index contributed by atoms with van der Waals surface area (Å²) in [6, 6.07) is 1.94. The van der Waals surface area contributed by atoms with Gasteiger partial charge in [0.05, 0.1) is 0 Å². The molecule has 0 saturated carbocycles. The van der Waals surface area contributed by atoms with Crippen LogP contribution in [0.4, 0.5) is 11.6 Å². The highest BCUT2D eigenvalue weighted by molar-refractivity contribution is 7.98. The minimum Gasteiger partial charge on any atom is -0.385 e. The Morgan fingerprint density at radius 2 is 1.94 bits per heavy atom. The molecular formula is C12H22N4OS. The van der Waals surface area contributed by atoms with Crippen molar-refractivity contribution < 1.29 is 4.74 Å². The largest absolute Gasteiger partial charge is 0.385 e. The third-order valence-corrected chi connectivity index (χ3v) is 2.88. The molecule has 102 valence electrons. The SMILES string of the molecule is CCNc1cc(NCCCCOC)nc(SC)n1. The molecule has 0 bridgehead atoms. The highest BCUT2D eigenvalue weighted by Gasteiger charge is 2.02. The number of thioether (sulfide) groups is 1. The van der Waals surface area contributed by atoms with E-state index in [1.165, 1.54) is 0 Å². The first-order chi connectivity index (χ1) is 8.80. The third-order valence-electron chi connectivity index (χ3n) is 2.33. The van der Waals surface area contributed by atoms with Crippen molar-refractivity contribution in [2.75, 3.05) is 43.7 Å². The van der Waals surface area contributed by atoms with Crippen LogP contribution in [0.1, 0.15) is 19.8 Å². The van der Waals surface area contributed by atoms with Crippen LogP contribution < -0.4 is 10.6 Å². The molecule has 0 radical (unpaired) electrons. The zero-order valence-electron chi connectivity index (χ0n) is 11.3. The maximum Gasteiger partial charge on any atom is 0.191 e. The average Bonchev–Trinajstić information content (AvgIpc) is 2.38. The molecule has 0 atom stereocenters. The van der Waals surface area contributed by atoms with E-state index in [1.807, 2.05) is 12.3 Å². The Balaban J connectivity index is 2.50. The van der Waals surface area contributed by atoms with Gasteiger partial charge in [0.15, 0.2) is 5.16 Å². The van der Waals surface area contributed by atoms with Crippen molar-refractivity contribution in [2.45, 2.75) is 24.9 Å². The van der Waals surface area contributed by atoms with Gasteiger partial charge in [0, 0.05) is 32.9 Å². The van der Waals surface area contributed by atoms with Crippen molar-refractivity contribution in [3.8, 4) is 0 Å². The highest BCUT2D eigenvalue weighted by atomic mass is 32.2. The lowest BCUT2D eigenvalue weighted by Crippen LogP contribution is -2.07. The standard InChI is InChI=1S/C12H22N4OS/c1-4-13-10-9-11(16-12(15-10)18-3)14-7-5-6-8-17-2/h9H,4-8H2,1-3H3,(H2,13,14,15,16). The average molecular weight is 270 g/mol. The Morgan fingerprint density at radius 3 is 2.56 bits per heavy atom. The van der Waals surface area contributed by atoms with Crippen molar-refractivity contribution in [3.05, 3.63) is 6.07 Å². The molecule has 1 rings (SSSR count). The monoisotopic (exact) mass is 270 g/mol. The quantitative estimate of drug-likeness (QED) is 0.408. The van der Waals surface area contributed by atoms with E-state index < -0.39 is 0 Å². The van der Waals surface area contributed by atoms with Crippen LogP contribution in [-0.4, -0.2) is 43.0 Å². The van der Waals surface area contributed by atoms with Gasteiger partial charge in [0.2, 0.25) is 0 Å². The van der Waals surface area contributed by atoms with E-state index in [9.17, 15) is 0 Å². The van der Waals surface area contributed by atoms with E-state index in [4.69, 9.17) is 4.74 Å². The van der Waals surface area contributed by atoms with Gasteiger partial charge in [-0.05, 0) is 26.0 Å². The molecule has 2 N–H and O–H groups in total. The van der Waals surface area contributed by atoms with E-state index in [1.54, 1.807) is 18.9 Å². The Morgan fingerprint density at radius 1 is 1.22 bits per heavy atom. The predicted molar refractivity (Wildman–Crippen MR) is 77.6 cm³/mol. The van der Waals surface area contributed by atoms with Crippen LogP contribution in [0.5, 0.6) is 0 Å². The fraction of sp³-hybridized carbons (Fsp3) is 0.667. The molecule has 0 amide bonds. The number of methoxy groups -OCH3 is 1. The molecule has 0 saturated heterocycles. The van der Waals surface area contributed by atoms with Crippen LogP contribution in [0.15, 0.2) is 11.2 Å². The number of anilines is 2. The van der Waals surface area contributed by atoms with Crippen molar-refractivity contribution in [1.82, 2.24) is 9.97 Å². The maximum absolute atomic E-state index is 5.01. The predicted octanol–water partition coefficient (Wildman–Crippen LogP) is 2.47. The third kappa shape index (κ3) is 5.55. The molecule has 0 aromatic carbocycles. The maximum atomic E-state index is 5.01. The van der Waals surface area contributed by atoms with Crippen molar-refractivity contribution in [1.29, 1.82) is 0 Å². The minimum atomic E-state index is 0.785. The summed E-state index contributed by atoms with van der Waals surface area (Å²) in [5.74, 6) is 1.75. The van der Waals surface area contributed by atoms with Gasteiger partial charge in [-0.15, -0.1) is 0 Å². The molecular weight excluding hydrogens is 248 g/mol. The number of nitrogens with zero attached hydrogens (tertiary/aromatic N) is 2. The second-order valence-electron chi connectivity index (χ2n) is 3.78. The molecule has 6 heteroatoms. The summed E-state index contributed by atoms with van der Waals surface area (Å²) in [7, 11) is 1.73. The van der Waals surface area contributed by atoms with Crippen LogP contribution >= 0.6 is 11.8 Å². The van der Waals surface area contributed by atoms with E-state index >= 15 is 0 Å². The first kappa shape index (κ1) is 15.0. The number of rotatable bonds is 9. The zero-order chi connectivity index (χ0) is 13.2. The Bertz CT molecular complexity index is 349. The lowest BCUT2D eigenvalue weighted by molar-refractivity contribution is 0.194. The van der Waals surface area contributed by atoms with Crippen LogP contribution in [0.2, 0.25) is 0 Å². The molecule has 5 nitrogen and oxygen atoms in total. The zero-order valence-corrected chi connectivity index (χ0v) is 12.1. The van der Waals surface area contributed by atoms with E-state index in [2.05, 4.69) is 27.5 Å². The van der Waals surface area contributed by atoms with Gasteiger partial charge in [-0.2, -0.15) is 0 Å². The van der Waals surface area contributed by atoms with Crippen molar-refractivity contribution in [3.63, 3.8) is 0 Å². The minimum absolute atomic E-state index is 0.785. The van der Waals surface area contributed by atoms with Gasteiger partial charge in [0.1, 0.15) is 11.6 Å². The summed E-state index contributed by atoms with van der Waals surface area (Å²) >= 11 is 1.55. The van der Waals surface area contributed by atoms with Crippen molar-refractivity contribution >= 4 is 23.4 Å². The Kier molecular flexibility index (Phi) is 7.52. The Hall–Kier alpha value is -1.01. The first-order valence-corrected chi connectivity index (χ1v) is 7.42. The van der Waals surface area contributed by atoms with E-state index in [0.717, 1.165) is 49.3 Å². The fourth-order valence-electron chi connectivity index (χ4n) is 1.47. The lowest BCUT2D eigenvalue weighted by atomic mass is 10.3.